The number of rotatable bonds is 5. The lowest BCUT2D eigenvalue weighted by molar-refractivity contribution is -0.128. The predicted molar refractivity (Wildman–Crippen MR) is 73.3 cm³/mol. The van der Waals surface area contributed by atoms with Gasteiger partial charge in [-0.3, -0.25) is 9.69 Å². The van der Waals surface area contributed by atoms with E-state index in [1.54, 1.807) is 0 Å². The van der Waals surface area contributed by atoms with Gasteiger partial charge in [0.05, 0.1) is 12.6 Å². The number of hydrogen-bond donors (Lipinski definition) is 2. The van der Waals surface area contributed by atoms with Crippen LogP contribution in [0.25, 0.3) is 0 Å². The largest absolute Gasteiger partial charge is 0.395 e. The topological polar surface area (TPSA) is 52.6 Å². The van der Waals surface area contributed by atoms with Gasteiger partial charge in [0.25, 0.3) is 0 Å². The monoisotopic (exact) mass is 256 g/mol. The molecule has 3 unspecified atom stereocenters. The van der Waals surface area contributed by atoms with E-state index in [1.165, 1.54) is 0 Å². The highest BCUT2D eigenvalue weighted by Gasteiger charge is 2.36. The first-order valence-electron chi connectivity index (χ1n) is 7.01. The maximum Gasteiger partial charge on any atom is 0.237 e. The molecule has 1 rings (SSSR count). The van der Waals surface area contributed by atoms with Crippen LogP contribution in [0.15, 0.2) is 0 Å². The SMILES string of the molecule is CCC(C)(C)NC(=O)C(C)N1CCC(C)C1CO. The summed E-state index contributed by atoms with van der Waals surface area (Å²) in [5, 5.41) is 12.5. The quantitative estimate of drug-likeness (QED) is 0.781. The van der Waals surface area contributed by atoms with E-state index in [0.29, 0.717) is 5.92 Å². The van der Waals surface area contributed by atoms with E-state index >= 15 is 0 Å². The Kier molecular flexibility index (Phi) is 5.17. The summed E-state index contributed by atoms with van der Waals surface area (Å²) in [5.41, 5.74) is -0.161. The van der Waals surface area contributed by atoms with Crippen LogP contribution in [0, 0.1) is 5.92 Å². The second-order valence-corrected chi connectivity index (χ2v) is 6.16. The van der Waals surface area contributed by atoms with Crippen molar-refractivity contribution in [2.75, 3.05) is 13.2 Å². The van der Waals surface area contributed by atoms with Crippen LogP contribution in [0.4, 0.5) is 0 Å². The Morgan fingerprint density at radius 2 is 2.17 bits per heavy atom. The number of amides is 1. The first kappa shape index (κ1) is 15.4. The third kappa shape index (κ3) is 3.45. The first-order chi connectivity index (χ1) is 8.32. The van der Waals surface area contributed by atoms with Crippen LogP contribution < -0.4 is 5.32 Å². The van der Waals surface area contributed by atoms with Gasteiger partial charge >= 0.3 is 0 Å². The minimum Gasteiger partial charge on any atom is -0.395 e. The van der Waals surface area contributed by atoms with Crippen molar-refractivity contribution in [2.24, 2.45) is 5.92 Å². The summed E-state index contributed by atoms with van der Waals surface area (Å²) >= 11 is 0. The van der Waals surface area contributed by atoms with Crippen LogP contribution in [-0.4, -0.2) is 46.7 Å². The average Bonchev–Trinajstić information content (AvgIpc) is 2.68. The van der Waals surface area contributed by atoms with Crippen LogP contribution in [0.2, 0.25) is 0 Å². The number of carbonyl (C=O) groups excluding carboxylic acids is 1. The van der Waals surface area contributed by atoms with E-state index in [4.69, 9.17) is 0 Å². The van der Waals surface area contributed by atoms with Crippen molar-refractivity contribution in [1.82, 2.24) is 10.2 Å². The molecule has 0 saturated carbocycles. The van der Waals surface area contributed by atoms with Gasteiger partial charge in [-0.1, -0.05) is 13.8 Å². The molecule has 1 fully saturated rings. The van der Waals surface area contributed by atoms with Gasteiger partial charge in [-0.05, 0) is 46.1 Å². The fourth-order valence-corrected chi connectivity index (χ4v) is 2.48. The number of likely N-dealkylation sites (tertiary alicyclic amines) is 1. The molecule has 0 aromatic heterocycles. The van der Waals surface area contributed by atoms with Crippen molar-refractivity contribution < 1.29 is 9.90 Å². The van der Waals surface area contributed by atoms with Gasteiger partial charge < -0.3 is 10.4 Å². The maximum absolute atomic E-state index is 12.2. The van der Waals surface area contributed by atoms with Gasteiger partial charge in [-0.15, -0.1) is 0 Å². The van der Waals surface area contributed by atoms with E-state index in [0.717, 1.165) is 19.4 Å². The fourth-order valence-electron chi connectivity index (χ4n) is 2.48. The zero-order valence-electron chi connectivity index (χ0n) is 12.4. The molecule has 0 aromatic carbocycles. The molecule has 4 heteroatoms. The maximum atomic E-state index is 12.2. The Bertz CT molecular complexity index is 292. The normalized spacial score (nSPS) is 27.2. The summed E-state index contributed by atoms with van der Waals surface area (Å²) < 4.78 is 0. The van der Waals surface area contributed by atoms with E-state index < -0.39 is 0 Å². The number of nitrogens with zero attached hydrogens (tertiary/aromatic N) is 1. The van der Waals surface area contributed by atoms with Crippen molar-refractivity contribution in [3.05, 3.63) is 0 Å². The molecule has 2 N–H and O–H groups in total. The molecule has 0 aromatic rings. The highest BCUT2D eigenvalue weighted by atomic mass is 16.3. The molecule has 0 bridgehead atoms. The summed E-state index contributed by atoms with van der Waals surface area (Å²) in [4.78, 5) is 14.4. The standard InChI is InChI=1S/C14H28N2O2/c1-6-14(4,5)15-13(18)11(3)16-8-7-10(2)12(16)9-17/h10-12,17H,6-9H2,1-5H3,(H,15,18). The third-order valence-electron chi connectivity index (χ3n) is 4.33. The number of hydrogen-bond acceptors (Lipinski definition) is 3. The zero-order chi connectivity index (χ0) is 13.9. The molecule has 1 heterocycles. The van der Waals surface area contributed by atoms with Crippen LogP contribution in [0.3, 0.4) is 0 Å². The fraction of sp³-hybridized carbons (Fsp3) is 0.929. The lowest BCUT2D eigenvalue weighted by Gasteiger charge is -2.33. The van der Waals surface area contributed by atoms with Crippen molar-refractivity contribution in [3.63, 3.8) is 0 Å². The summed E-state index contributed by atoms with van der Waals surface area (Å²) in [7, 11) is 0. The molecule has 0 radical (unpaired) electrons. The molecule has 0 aliphatic carbocycles. The average molecular weight is 256 g/mol. The van der Waals surface area contributed by atoms with Crippen molar-refractivity contribution >= 4 is 5.91 Å². The molecule has 18 heavy (non-hydrogen) atoms. The zero-order valence-corrected chi connectivity index (χ0v) is 12.4. The molecule has 3 atom stereocenters. The smallest absolute Gasteiger partial charge is 0.237 e. The second-order valence-electron chi connectivity index (χ2n) is 6.16. The Labute approximate surface area is 111 Å². The molecule has 4 nitrogen and oxygen atoms in total. The lowest BCUT2D eigenvalue weighted by Crippen LogP contribution is -2.54. The van der Waals surface area contributed by atoms with Crippen molar-refractivity contribution in [2.45, 2.75) is 65.1 Å². The minimum atomic E-state index is -0.169. The van der Waals surface area contributed by atoms with Gasteiger partial charge in [0.1, 0.15) is 0 Å². The summed E-state index contributed by atoms with van der Waals surface area (Å²) in [6.07, 6.45) is 1.96. The number of nitrogens with one attached hydrogen (secondary N) is 1. The van der Waals surface area contributed by atoms with E-state index in [2.05, 4.69) is 24.1 Å². The van der Waals surface area contributed by atoms with E-state index in [1.807, 2.05) is 20.8 Å². The number of carbonyl (C=O) groups is 1. The highest BCUT2D eigenvalue weighted by Crippen LogP contribution is 2.25. The summed E-state index contributed by atoms with van der Waals surface area (Å²) in [6.45, 7) is 11.2. The summed E-state index contributed by atoms with van der Waals surface area (Å²) in [5.74, 6) is 0.527. The van der Waals surface area contributed by atoms with E-state index in [9.17, 15) is 9.90 Å². The highest BCUT2D eigenvalue weighted by molar-refractivity contribution is 5.82. The second kappa shape index (κ2) is 6.02. The molecule has 1 saturated heterocycles. The Morgan fingerprint density at radius 1 is 1.56 bits per heavy atom. The molecule has 1 amide bonds. The molecule has 1 aliphatic heterocycles. The Hall–Kier alpha value is -0.610. The first-order valence-corrected chi connectivity index (χ1v) is 7.01. The van der Waals surface area contributed by atoms with Gasteiger partial charge in [-0.25, -0.2) is 0 Å². The number of aliphatic hydroxyl groups is 1. The molecule has 106 valence electrons. The Balaban J connectivity index is 2.64. The molecular formula is C14H28N2O2. The van der Waals surface area contributed by atoms with Gasteiger partial charge in [0.15, 0.2) is 0 Å². The van der Waals surface area contributed by atoms with Gasteiger partial charge in [0.2, 0.25) is 5.91 Å². The van der Waals surface area contributed by atoms with Gasteiger partial charge in [0, 0.05) is 11.6 Å². The van der Waals surface area contributed by atoms with Crippen LogP contribution >= 0.6 is 0 Å². The van der Waals surface area contributed by atoms with E-state index in [-0.39, 0.29) is 30.1 Å². The minimum absolute atomic E-state index is 0.0643. The lowest BCUT2D eigenvalue weighted by atomic mass is 10.0. The Morgan fingerprint density at radius 3 is 2.67 bits per heavy atom. The van der Waals surface area contributed by atoms with Crippen molar-refractivity contribution in [3.8, 4) is 0 Å². The molecular weight excluding hydrogens is 228 g/mol. The molecule has 1 aliphatic rings. The summed E-state index contributed by atoms with van der Waals surface area (Å²) in [6, 6.07) is -0.0478. The van der Waals surface area contributed by atoms with Gasteiger partial charge in [-0.2, -0.15) is 0 Å². The third-order valence-corrected chi connectivity index (χ3v) is 4.33. The van der Waals surface area contributed by atoms with Crippen LogP contribution in [0.1, 0.15) is 47.5 Å². The molecule has 0 spiro atoms. The van der Waals surface area contributed by atoms with Crippen molar-refractivity contribution in [1.29, 1.82) is 0 Å². The number of aliphatic hydroxyl groups excluding tert-OH is 1. The predicted octanol–water partition coefficient (Wildman–Crippen LogP) is 1.38. The van der Waals surface area contributed by atoms with Crippen LogP contribution in [0.5, 0.6) is 0 Å². The van der Waals surface area contributed by atoms with Crippen LogP contribution in [-0.2, 0) is 4.79 Å².